The fourth-order valence-electron chi connectivity index (χ4n) is 1.65. The predicted octanol–water partition coefficient (Wildman–Crippen LogP) is 2.80. The van der Waals surface area contributed by atoms with Crippen molar-refractivity contribution in [1.82, 2.24) is 0 Å². The zero-order chi connectivity index (χ0) is 11.6. The molecule has 0 saturated carbocycles. The van der Waals surface area contributed by atoms with Gasteiger partial charge in [0.05, 0.1) is 12.8 Å². The van der Waals surface area contributed by atoms with Crippen LogP contribution >= 0.6 is 11.3 Å². The van der Waals surface area contributed by atoms with Crippen molar-refractivity contribution in [2.24, 2.45) is 0 Å². The summed E-state index contributed by atoms with van der Waals surface area (Å²) in [4.78, 5) is 13.2. The molecule has 0 fully saturated rings. The molecule has 0 unspecified atom stereocenters. The first-order valence-electron chi connectivity index (χ1n) is 5.02. The van der Waals surface area contributed by atoms with Gasteiger partial charge in [0, 0.05) is 4.88 Å². The SMILES string of the molecule is CCc1sc(C(=O)OC)c(N)c1C(C)C. The molecule has 2 N–H and O–H groups in total. The van der Waals surface area contributed by atoms with Crippen molar-refractivity contribution < 1.29 is 9.53 Å². The molecule has 0 amide bonds. The van der Waals surface area contributed by atoms with Crippen LogP contribution in [0.3, 0.4) is 0 Å². The third-order valence-electron chi connectivity index (χ3n) is 2.33. The zero-order valence-corrected chi connectivity index (χ0v) is 10.4. The largest absolute Gasteiger partial charge is 0.465 e. The van der Waals surface area contributed by atoms with E-state index in [-0.39, 0.29) is 5.97 Å². The molecule has 3 nitrogen and oxygen atoms in total. The van der Waals surface area contributed by atoms with Gasteiger partial charge >= 0.3 is 5.97 Å². The Kier molecular flexibility index (Phi) is 3.74. The summed E-state index contributed by atoms with van der Waals surface area (Å²) in [5, 5.41) is 0. The molecular weight excluding hydrogens is 210 g/mol. The summed E-state index contributed by atoms with van der Waals surface area (Å²) < 4.78 is 4.70. The van der Waals surface area contributed by atoms with Gasteiger partial charge in [-0.3, -0.25) is 0 Å². The van der Waals surface area contributed by atoms with Gasteiger partial charge < -0.3 is 10.5 Å². The summed E-state index contributed by atoms with van der Waals surface area (Å²) in [5.74, 6) is 0.00806. The van der Waals surface area contributed by atoms with Crippen molar-refractivity contribution in [1.29, 1.82) is 0 Å². The first kappa shape index (κ1) is 12.0. The highest BCUT2D eigenvalue weighted by atomic mass is 32.1. The average molecular weight is 227 g/mol. The Bertz CT molecular complexity index is 369. The van der Waals surface area contributed by atoms with E-state index in [9.17, 15) is 4.79 Å². The van der Waals surface area contributed by atoms with E-state index >= 15 is 0 Å². The second-order valence-corrected chi connectivity index (χ2v) is 4.79. The normalized spacial score (nSPS) is 10.7. The Morgan fingerprint density at radius 3 is 2.47 bits per heavy atom. The summed E-state index contributed by atoms with van der Waals surface area (Å²) in [6, 6.07) is 0. The number of nitrogen functional groups attached to an aromatic ring is 1. The van der Waals surface area contributed by atoms with Gasteiger partial charge in [-0.1, -0.05) is 20.8 Å². The Morgan fingerprint density at radius 2 is 2.13 bits per heavy atom. The van der Waals surface area contributed by atoms with Crippen molar-refractivity contribution >= 4 is 23.0 Å². The van der Waals surface area contributed by atoms with Gasteiger partial charge in [0.15, 0.2) is 0 Å². The third kappa shape index (κ3) is 2.15. The van der Waals surface area contributed by atoms with Gasteiger partial charge in [-0.05, 0) is 17.9 Å². The van der Waals surface area contributed by atoms with E-state index in [0.29, 0.717) is 16.5 Å². The highest BCUT2D eigenvalue weighted by Crippen LogP contribution is 2.36. The first-order chi connectivity index (χ1) is 7.02. The smallest absolute Gasteiger partial charge is 0.350 e. The lowest BCUT2D eigenvalue weighted by Gasteiger charge is -2.07. The number of thiophene rings is 1. The number of esters is 1. The van der Waals surface area contributed by atoms with Crippen LogP contribution in [0.1, 0.15) is 46.8 Å². The molecular formula is C11H17NO2S. The number of anilines is 1. The van der Waals surface area contributed by atoms with Gasteiger partial charge in [-0.2, -0.15) is 0 Å². The Labute approximate surface area is 94.2 Å². The van der Waals surface area contributed by atoms with Crippen LogP contribution in [-0.4, -0.2) is 13.1 Å². The first-order valence-corrected chi connectivity index (χ1v) is 5.83. The number of nitrogens with two attached hydrogens (primary N) is 1. The van der Waals surface area contributed by atoms with Crippen LogP contribution in [0.15, 0.2) is 0 Å². The molecule has 84 valence electrons. The molecule has 0 aliphatic rings. The molecule has 0 aliphatic heterocycles. The molecule has 0 aliphatic carbocycles. The van der Waals surface area contributed by atoms with Gasteiger partial charge in [0.2, 0.25) is 0 Å². The standard InChI is InChI=1S/C11H17NO2S/c1-5-7-8(6(2)3)9(12)10(15-7)11(13)14-4/h6H,5,12H2,1-4H3. The molecule has 0 saturated heterocycles. The molecule has 0 aromatic carbocycles. The average Bonchev–Trinajstić information content (AvgIpc) is 2.54. The summed E-state index contributed by atoms with van der Waals surface area (Å²) >= 11 is 1.45. The highest BCUT2D eigenvalue weighted by molar-refractivity contribution is 7.14. The van der Waals surface area contributed by atoms with Crippen molar-refractivity contribution in [3.05, 3.63) is 15.3 Å². The molecule has 1 heterocycles. The van der Waals surface area contributed by atoms with Crippen LogP contribution in [0.25, 0.3) is 0 Å². The number of hydrogen-bond donors (Lipinski definition) is 1. The number of hydrogen-bond acceptors (Lipinski definition) is 4. The van der Waals surface area contributed by atoms with Crippen molar-refractivity contribution in [3.8, 4) is 0 Å². The fraction of sp³-hybridized carbons (Fsp3) is 0.545. The monoisotopic (exact) mass is 227 g/mol. The van der Waals surface area contributed by atoms with Crippen LogP contribution in [0.4, 0.5) is 5.69 Å². The van der Waals surface area contributed by atoms with E-state index in [0.717, 1.165) is 12.0 Å². The quantitative estimate of drug-likeness (QED) is 0.808. The minimum Gasteiger partial charge on any atom is -0.465 e. The molecule has 4 heteroatoms. The topological polar surface area (TPSA) is 52.3 Å². The van der Waals surface area contributed by atoms with Gasteiger partial charge in [0.25, 0.3) is 0 Å². The van der Waals surface area contributed by atoms with Gasteiger partial charge in [0.1, 0.15) is 4.88 Å². The minimum absolute atomic E-state index is 0.334. The second kappa shape index (κ2) is 4.66. The van der Waals surface area contributed by atoms with E-state index in [1.165, 1.54) is 23.3 Å². The van der Waals surface area contributed by atoms with Crippen LogP contribution in [-0.2, 0) is 11.2 Å². The van der Waals surface area contributed by atoms with Gasteiger partial charge in [-0.25, -0.2) is 4.79 Å². The van der Waals surface area contributed by atoms with Crippen molar-refractivity contribution in [2.45, 2.75) is 33.1 Å². The zero-order valence-electron chi connectivity index (χ0n) is 9.59. The number of rotatable bonds is 3. The maximum atomic E-state index is 11.4. The molecule has 0 spiro atoms. The van der Waals surface area contributed by atoms with E-state index in [2.05, 4.69) is 20.8 Å². The molecule has 15 heavy (non-hydrogen) atoms. The number of methoxy groups -OCH3 is 1. The second-order valence-electron chi connectivity index (χ2n) is 3.68. The molecule has 1 aromatic rings. The number of aryl methyl sites for hydroxylation is 1. The fourth-order valence-corrected chi connectivity index (χ4v) is 2.88. The summed E-state index contributed by atoms with van der Waals surface area (Å²) in [6.45, 7) is 6.23. The van der Waals surface area contributed by atoms with Crippen LogP contribution in [0.5, 0.6) is 0 Å². The molecule has 1 aromatic heterocycles. The summed E-state index contributed by atoms with van der Waals surface area (Å²) in [5.41, 5.74) is 7.66. The van der Waals surface area contributed by atoms with Crippen LogP contribution < -0.4 is 5.73 Å². The Morgan fingerprint density at radius 1 is 1.53 bits per heavy atom. The van der Waals surface area contributed by atoms with Gasteiger partial charge in [-0.15, -0.1) is 11.3 Å². The lowest BCUT2D eigenvalue weighted by atomic mass is 10.0. The van der Waals surface area contributed by atoms with E-state index in [4.69, 9.17) is 10.5 Å². The molecule has 1 rings (SSSR count). The van der Waals surface area contributed by atoms with Crippen LogP contribution in [0, 0.1) is 0 Å². The van der Waals surface area contributed by atoms with Crippen LogP contribution in [0.2, 0.25) is 0 Å². The van der Waals surface area contributed by atoms with E-state index in [1.54, 1.807) is 0 Å². The van der Waals surface area contributed by atoms with E-state index in [1.807, 2.05) is 0 Å². The Balaban J connectivity index is 3.28. The maximum Gasteiger partial charge on any atom is 0.350 e. The summed E-state index contributed by atoms with van der Waals surface area (Å²) in [6.07, 6.45) is 0.902. The molecule has 0 radical (unpaired) electrons. The third-order valence-corrected chi connectivity index (χ3v) is 3.68. The maximum absolute atomic E-state index is 11.4. The number of carbonyl (C=O) groups excluding carboxylic acids is 1. The molecule has 0 bridgehead atoms. The number of ether oxygens (including phenoxy) is 1. The minimum atomic E-state index is -0.334. The number of carbonyl (C=O) groups is 1. The predicted molar refractivity (Wildman–Crippen MR) is 63.5 cm³/mol. The highest BCUT2D eigenvalue weighted by Gasteiger charge is 2.21. The lowest BCUT2D eigenvalue weighted by Crippen LogP contribution is -2.03. The Hall–Kier alpha value is -1.03. The van der Waals surface area contributed by atoms with Crippen molar-refractivity contribution in [2.75, 3.05) is 12.8 Å². The lowest BCUT2D eigenvalue weighted by molar-refractivity contribution is 0.0607. The van der Waals surface area contributed by atoms with E-state index < -0.39 is 0 Å². The summed E-state index contributed by atoms with van der Waals surface area (Å²) in [7, 11) is 1.38. The molecule has 0 atom stereocenters. The van der Waals surface area contributed by atoms with Crippen molar-refractivity contribution in [3.63, 3.8) is 0 Å².